The van der Waals surface area contributed by atoms with Gasteiger partial charge in [-0.1, -0.05) is 6.07 Å². The lowest BCUT2D eigenvalue weighted by molar-refractivity contribution is -0.144. The number of ether oxygens (including phenoxy) is 1. The van der Waals surface area contributed by atoms with E-state index in [2.05, 4.69) is 4.98 Å². The second kappa shape index (κ2) is 5.84. The molecule has 1 aromatic carbocycles. The van der Waals surface area contributed by atoms with Gasteiger partial charge >= 0.3 is 5.97 Å². The van der Waals surface area contributed by atoms with E-state index < -0.39 is 0 Å². The quantitative estimate of drug-likeness (QED) is 0.773. The topological polar surface area (TPSA) is 55.6 Å². The third kappa shape index (κ3) is 3.54. The predicted octanol–water partition coefficient (Wildman–Crippen LogP) is 2.13. The smallest absolute Gasteiger partial charge is 0.320 e. The van der Waals surface area contributed by atoms with Crippen LogP contribution in [-0.4, -0.2) is 36.1 Å². The maximum absolute atomic E-state index is 11.4. The number of carbonyl (C=O) groups excluding carboxylic acids is 1. The van der Waals surface area contributed by atoms with Crippen LogP contribution in [0.4, 0.5) is 0 Å². The van der Waals surface area contributed by atoms with Crippen LogP contribution in [0.25, 0.3) is 11.1 Å². The molecule has 1 aromatic heterocycles. The predicted molar refractivity (Wildman–Crippen MR) is 71.7 cm³/mol. The van der Waals surface area contributed by atoms with Gasteiger partial charge in [0.2, 0.25) is 0 Å². The maximum atomic E-state index is 11.4. The summed E-state index contributed by atoms with van der Waals surface area (Å²) in [4.78, 5) is 17.6. The van der Waals surface area contributed by atoms with Crippen molar-refractivity contribution >= 4 is 17.1 Å². The Morgan fingerprint density at radius 3 is 3.00 bits per heavy atom. The van der Waals surface area contributed by atoms with Crippen LogP contribution < -0.4 is 0 Å². The molecule has 0 unspecified atom stereocenters. The van der Waals surface area contributed by atoms with Crippen molar-refractivity contribution in [2.24, 2.45) is 0 Å². The van der Waals surface area contributed by atoms with Crippen molar-refractivity contribution in [1.82, 2.24) is 9.88 Å². The molecule has 5 heteroatoms. The number of hydrogen-bond donors (Lipinski definition) is 0. The fraction of sp³-hybridized carbons (Fsp3) is 0.429. The fourth-order valence-electron chi connectivity index (χ4n) is 1.98. The number of aryl methyl sites for hydroxylation is 1. The molecule has 0 aliphatic rings. The number of hydrogen-bond acceptors (Lipinski definition) is 5. The van der Waals surface area contributed by atoms with Gasteiger partial charge in [-0.25, -0.2) is 4.98 Å². The lowest BCUT2D eigenvalue weighted by Crippen LogP contribution is -2.26. The van der Waals surface area contributed by atoms with Crippen molar-refractivity contribution < 1.29 is 13.9 Å². The van der Waals surface area contributed by atoms with Crippen LogP contribution in [0.3, 0.4) is 0 Å². The number of rotatable bonds is 5. The van der Waals surface area contributed by atoms with Crippen LogP contribution in [0, 0.1) is 6.92 Å². The number of aromatic nitrogens is 1. The van der Waals surface area contributed by atoms with Gasteiger partial charge in [0, 0.05) is 13.5 Å². The van der Waals surface area contributed by atoms with Crippen LogP contribution >= 0.6 is 0 Å². The third-order valence-electron chi connectivity index (χ3n) is 2.72. The Morgan fingerprint density at radius 1 is 1.47 bits per heavy atom. The zero-order chi connectivity index (χ0) is 13.8. The van der Waals surface area contributed by atoms with E-state index in [4.69, 9.17) is 9.15 Å². The Morgan fingerprint density at radius 2 is 2.26 bits per heavy atom. The van der Waals surface area contributed by atoms with Crippen molar-refractivity contribution in [1.29, 1.82) is 0 Å². The Bertz CT molecular complexity index is 577. The summed E-state index contributed by atoms with van der Waals surface area (Å²) in [6.45, 7) is 4.99. The second-order valence-corrected chi connectivity index (χ2v) is 4.51. The van der Waals surface area contributed by atoms with Gasteiger partial charge in [-0.3, -0.25) is 9.69 Å². The molecule has 0 saturated heterocycles. The highest BCUT2D eigenvalue weighted by atomic mass is 16.5. The van der Waals surface area contributed by atoms with E-state index in [9.17, 15) is 4.79 Å². The van der Waals surface area contributed by atoms with E-state index in [1.54, 1.807) is 6.92 Å². The number of oxazole rings is 1. The minimum Gasteiger partial charge on any atom is -0.465 e. The molecule has 0 fully saturated rings. The molecular formula is C14H18N2O3. The van der Waals surface area contributed by atoms with Crippen LogP contribution in [0.15, 0.2) is 22.6 Å². The van der Waals surface area contributed by atoms with Gasteiger partial charge in [0.15, 0.2) is 11.5 Å². The first-order valence-electron chi connectivity index (χ1n) is 6.28. The summed E-state index contributed by atoms with van der Waals surface area (Å²) >= 11 is 0. The van der Waals surface area contributed by atoms with E-state index in [0.29, 0.717) is 19.0 Å². The highest BCUT2D eigenvalue weighted by Crippen LogP contribution is 2.17. The first kappa shape index (κ1) is 13.5. The summed E-state index contributed by atoms with van der Waals surface area (Å²) in [5, 5.41) is 0. The van der Waals surface area contributed by atoms with Gasteiger partial charge in [0.05, 0.1) is 13.2 Å². The van der Waals surface area contributed by atoms with Crippen LogP contribution in [0.5, 0.6) is 0 Å². The van der Waals surface area contributed by atoms with E-state index >= 15 is 0 Å². The zero-order valence-electron chi connectivity index (χ0n) is 11.5. The summed E-state index contributed by atoms with van der Waals surface area (Å²) in [5.41, 5.74) is 2.72. The molecule has 1 heterocycles. The van der Waals surface area contributed by atoms with E-state index in [-0.39, 0.29) is 12.5 Å². The molecule has 0 atom stereocenters. The lowest BCUT2D eigenvalue weighted by Gasteiger charge is -2.15. The van der Waals surface area contributed by atoms with Gasteiger partial charge in [0.1, 0.15) is 5.52 Å². The Hall–Kier alpha value is -1.88. The molecule has 0 saturated carbocycles. The van der Waals surface area contributed by atoms with Crippen molar-refractivity contribution in [2.45, 2.75) is 20.4 Å². The van der Waals surface area contributed by atoms with Crippen LogP contribution in [0.2, 0.25) is 0 Å². The van der Waals surface area contributed by atoms with Gasteiger partial charge in [-0.05, 0) is 31.7 Å². The van der Waals surface area contributed by atoms with Crippen molar-refractivity contribution in [3.63, 3.8) is 0 Å². The number of carbonyl (C=O) groups is 1. The zero-order valence-corrected chi connectivity index (χ0v) is 11.5. The Balaban J connectivity index is 2.02. The van der Waals surface area contributed by atoms with Crippen molar-refractivity contribution in [3.05, 3.63) is 29.7 Å². The van der Waals surface area contributed by atoms with E-state index in [1.165, 1.54) is 0 Å². The molecule has 102 valence electrons. The standard InChI is InChI=1S/C14H18N2O3/c1-4-18-14(17)9-16(3)8-11-5-6-13-12(7-11)15-10(2)19-13/h5-7H,4,8-9H2,1-3H3. The van der Waals surface area contributed by atoms with Crippen molar-refractivity contribution in [3.8, 4) is 0 Å². The average molecular weight is 262 g/mol. The molecule has 2 aromatic rings. The first-order valence-corrected chi connectivity index (χ1v) is 6.28. The molecule has 0 N–H and O–H groups in total. The van der Waals surface area contributed by atoms with Gasteiger partial charge < -0.3 is 9.15 Å². The molecule has 0 radical (unpaired) electrons. The second-order valence-electron chi connectivity index (χ2n) is 4.51. The molecule has 5 nitrogen and oxygen atoms in total. The summed E-state index contributed by atoms with van der Waals surface area (Å²) < 4.78 is 10.3. The third-order valence-corrected chi connectivity index (χ3v) is 2.72. The van der Waals surface area contributed by atoms with E-state index in [1.807, 2.05) is 37.1 Å². The monoisotopic (exact) mass is 262 g/mol. The molecule has 0 spiro atoms. The van der Waals surface area contributed by atoms with Gasteiger partial charge in [-0.2, -0.15) is 0 Å². The van der Waals surface area contributed by atoms with Gasteiger partial charge in [-0.15, -0.1) is 0 Å². The number of likely N-dealkylation sites (N-methyl/N-ethyl adjacent to an activating group) is 1. The molecule has 0 bridgehead atoms. The van der Waals surface area contributed by atoms with Crippen molar-refractivity contribution in [2.75, 3.05) is 20.2 Å². The minimum atomic E-state index is -0.205. The molecule has 19 heavy (non-hydrogen) atoms. The maximum Gasteiger partial charge on any atom is 0.320 e. The number of esters is 1. The number of benzene rings is 1. The number of fused-ring (bicyclic) bond motifs is 1. The Kier molecular flexibility index (Phi) is 4.16. The van der Waals surface area contributed by atoms with E-state index in [0.717, 1.165) is 16.7 Å². The average Bonchev–Trinajstić information content (AvgIpc) is 2.68. The normalized spacial score (nSPS) is 11.2. The highest BCUT2D eigenvalue weighted by Gasteiger charge is 2.09. The molecule has 0 amide bonds. The molecule has 0 aliphatic heterocycles. The summed E-state index contributed by atoms with van der Waals surface area (Å²) in [6, 6.07) is 5.87. The van der Waals surface area contributed by atoms with Gasteiger partial charge in [0.25, 0.3) is 0 Å². The fourth-order valence-corrected chi connectivity index (χ4v) is 1.98. The van der Waals surface area contributed by atoms with Crippen LogP contribution in [0.1, 0.15) is 18.4 Å². The Labute approximate surface area is 112 Å². The lowest BCUT2D eigenvalue weighted by atomic mass is 10.2. The summed E-state index contributed by atoms with van der Waals surface area (Å²) in [6.07, 6.45) is 0. The van der Waals surface area contributed by atoms with Crippen LogP contribution in [-0.2, 0) is 16.1 Å². The largest absolute Gasteiger partial charge is 0.465 e. The highest BCUT2D eigenvalue weighted by molar-refractivity contribution is 5.73. The SMILES string of the molecule is CCOC(=O)CN(C)Cc1ccc2oc(C)nc2c1. The summed E-state index contributed by atoms with van der Waals surface area (Å²) in [7, 11) is 1.88. The molecule has 2 rings (SSSR count). The first-order chi connectivity index (χ1) is 9.08. The minimum absolute atomic E-state index is 0.205. The molecule has 0 aliphatic carbocycles. The molecular weight excluding hydrogens is 244 g/mol. The summed E-state index contributed by atoms with van der Waals surface area (Å²) in [5.74, 6) is 0.454. The number of nitrogens with zero attached hydrogens (tertiary/aromatic N) is 2.